The fourth-order valence-corrected chi connectivity index (χ4v) is 1.37. The van der Waals surface area contributed by atoms with Gasteiger partial charge in [-0.3, -0.25) is 0 Å². The van der Waals surface area contributed by atoms with E-state index in [1.165, 1.54) is 12.8 Å². The molecule has 1 rings (SSSR count). The van der Waals surface area contributed by atoms with E-state index >= 15 is 0 Å². The first kappa shape index (κ1) is 8.02. The zero-order chi connectivity index (χ0) is 7.40. The zero-order valence-corrected chi connectivity index (χ0v) is 6.80. The molecule has 0 aromatic carbocycles. The molecule has 2 nitrogen and oxygen atoms in total. The maximum absolute atomic E-state index is 5.47. The number of hydrogen-bond donors (Lipinski definition) is 0. The summed E-state index contributed by atoms with van der Waals surface area (Å²) in [7, 11) is 1.72. The van der Waals surface area contributed by atoms with Crippen molar-refractivity contribution in [1.29, 1.82) is 0 Å². The molecule has 2 atom stereocenters. The van der Waals surface area contributed by atoms with Gasteiger partial charge in [-0.05, 0) is 12.3 Å². The Labute approximate surface area is 62.5 Å². The van der Waals surface area contributed by atoms with E-state index in [9.17, 15) is 0 Å². The molecule has 2 heteroatoms. The molecule has 1 saturated heterocycles. The normalized spacial score (nSPS) is 33.0. The average molecular weight is 144 g/mol. The van der Waals surface area contributed by atoms with Crippen LogP contribution >= 0.6 is 0 Å². The van der Waals surface area contributed by atoms with E-state index in [4.69, 9.17) is 9.47 Å². The summed E-state index contributed by atoms with van der Waals surface area (Å²) in [4.78, 5) is 0. The van der Waals surface area contributed by atoms with Gasteiger partial charge < -0.3 is 9.47 Å². The van der Waals surface area contributed by atoms with Crippen molar-refractivity contribution in [3.8, 4) is 0 Å². The third-order valence-corrected chi connectivity index (χ3v) is 2.09. The van der Waals surface area contributed by atoms with Gasteiger partial charge >= 0.3 is 0 Å². The van der Waals surface area contributed by atoms with Crippen LogP contribution in [0, 0.1) is 5.92 Å². The largest absolute Gasteiger partial charge is 0.382 e. The molecule has 1 heterocycles. The quantitative estimate of drug-likeness (QED) is 0.597. The van der Waals surface area contributed by atoms with Crippen LogP contribution in [0.3, 0.4) is 0 Å². The van der Waals surface area contributed by atoms with E-state index in [0.29, 0.717) is 6.10 Å². The minimum Gasteiger partial charge on any atom is -0.382 e. The van der Waals surface area contributed by atoms with Gasteiger partial charge in [0.05, 0.1) is 12.7 Å². The maximum atomic E-state index is 5.47. The minimum atomic E-state index is 0.370. The first-order valence-corrected chi connectivity index (χ1v) is 3.97. The second-order valence-electron chi connectivity index (χ2n) is 2.92. The number of rotatable bonds is 3. The van der Waals surface area contributed by atoms with Crippen molar-refractivity contribution in [2.24, 2.45) is 5.92 Å². The molecule has 0 bridgehead atoms. The molecule has 0 unspecified atom stereocenters. The molecule has 0 spiro atoms. The highest BCUT2D eigenvalue weighted by Gasteiger charge is 2.23. The van der Waals surface area contributed by atoms with Gasteiger partial charge in [0.25, 0.3) is 0 Å². The lowest BCUT2D eigenvalue weighted by atomic mass is 10.0. The van der Waals surface area contributed by atoms with Gasteiger partial charge in [0.1, 0.15) is 0 Å². The van der Waals surface area contributed by atoms with Gasteiger partial charge in [-0.25, -0.2) is 0 Å². The van der Waals surface area contributed by atoms with Gasteiger partial charge in [0, 0.05) is 13.7 Å². The van der Waals surface area contributed by atoms with Crippen LogP contribution in [0.2, 0.25) is 0 Å². The Morgan fingerprint density at radius 3 is 2.90 bits per heavy atom. The van der Waals surface area contributed by atoms with Crippen LogP contribution in [-0.2, 0) is 9.47 Å². The standard InChI is InChI=1S/C8H16O2/c1-3-7-4-8(6-9-2)10-5-7/h7-8H,3-6H2,1-2H3/t7-,8-/m1/s1. The molecule has 10 heavy (non-hydrogen) atoms. The lowest BCUT2D eigenvalue weighted by Gasteiger charge is -2.05. The lowest BCUT2D eigenvalue weighted by Crippen LogP contribution is -2.12. The van der Waals surface area contributed by atoms with Crippen molar-refractivity contribution in [3.05, 3.63) is 0 Å². The summed E-state index contributed by atoms with van der Waals surface area (Å²) in [6.45, 7) is 3.91. The van der Waals surface area contributed by atoms with Gasteiger partial charge in [0.2, 0.25) is 0 Å². The number of ether oxygens (including phenoxy) is 2. The van der Waals surface area contributed by atoms with Crippen LogP contribution in [0.5, 0.6) is 0 Å². The second-order valence-corrected chi connectivity index (χ2v) is 2.92. The Bertz CT molecular complexity index is 93.3. The molecule has 1 aliphatic heterocycles. The number of methoxy groups -OCH3 is 1. The maximum Gasteiger partial charge on any atom is 0.0811 e. The molecule has 0 aromatic rings. The topological polar surface area (TPSA) is 18.5 Å². The van der Waals surface area contributed by atoms with Crippen molar-refractivity contribution in [2.45, 2.75) is 25.9 Å². The Morgan fingerprint density at radius 2 is 2.40 bits per heavy atom. The molecule has 0 aromatic heterocycles. The van der Waals surface area contributed by atoms with E-state index in [1.54, 1.807) is 7.11 Å². The summed E-state index contributed by atoms with van der Waals surface area (Å²) in [5.74, 6) is 0.778. The van der Waals surface area contributed by atoms with Crippen LogP contribution in [0.25, 0.3) is 0 Å². The molecule has 1 aliphatic rings. The second kappa shape index (κ2) is 3.94. The molecule has 1 fully saturated rings. The zero-order valence-electron chi connectivity index (χ0n) is 6.80. The van der Waals surface area contributed by atoms with Gasteiger partial charge in [-0.15, -0.1) is 0 Å². The summed E-state index contributed by atoms with van der Waals surface area (Å²) in [5, 5.41) is 0. The molecular formula is C8H16O2. The average Bonchev–Trinajstić information content (AvgIpc) is 2.37. The van der Waals surface area contributed by atoms with E-state index < -0.39 is 0 Å². The van der Waals surface area contributed by atoms with Crippen molar-refractivity contribution in [3.63, 3.8) is 0 Å². The smallest absolute Gasteiger partial charge is 0.0811 e. The Morgan fingerprint density at radius 1 is 1.60 bits per heavy atom. The van der Waals surface area contributed by atoms with Gasteiger partial charge in [0.15, 0.2) is 0 Å². The third kappa shape index (κ3) is 1.96. The van der Waals surface area contributed by atoms with Gasteiger partial charge in [-0.2, -0.15) is 0 Å². The summed E-state index contributed by atoms with van der Waals surface area (Å²) in [6, 6.07) is 0. The minimum absolute atomic E-state index is 0.370. The Kier molecular flexibility index (Phi) is 3.16. The highest BCUT2D eigenvalue weighted by Crippen LogP contribution is 2.21. The first-order valence-electron chi connectivity index (χ1n) is 3.97. The van der Waals surface area contributed by atoms with Crippen LogP contribution in [0.1, 0.15) is 19.8 Å². The van der Waals surface area contributed by atoms with Crippen LogP contribution in [0.4, 0.5) is 0 Å². The third-order valence-electron chi connectivity index (χ3n) is 2.09. The molecule has 60 valence electrons. The molecule has 0 saturated carbocycles. The predicted octanol–water partition coefficient (Wildman–Crippen LogP) is 1.45. The summed E-state index contributed by atoms with van der Waals surface area (Å²) in [5.41, 5.74) is 0. The van der Waals surface area contributed by atoms with Crippen molar-refractivity contribution < 1.29 is 9.47 Å². The first-order chi connectivity index (χ1) is 4.86. The van der Waals surface area contributed by atoms with E-state index in [-0.39, 0.29) is 0 Å². The molecule has 0 amide bonds. The highest BCUT2D eigenvalue weighted by atomic mass is 16.5. The van der Waals surface area contributed by atoms with Crippen LogP contribution in [-0.4, -0.2) is 26.4 Å². The Hall–Kier alpha value is -0.0800. The lowest BCUT2D eigenvalue weighted by molar-refractivity contribution is 0.0368. The van der Waals surface area contributed by atoms with Gasteiger partial charge in [-0.1, -0.05) is 13.3 Å². The molecule has 0 aliphatic carbocycles. The fourth-order valence-electron chi connectivity index (χ4n) is 1.37. The Balaban J connectivity index is 2.15. The summed E-state index contributed by atoms with van der Waals surface area (Å²) in [6.07, 6.45) is 2.79. The summed E-state index contributed by atoms with van der Waals surface area (Å²) >= 11 is 0. The molecule has 0 N–H and O–H groups in total. The van der Waals surface area contributed by atoms with Crippen molar-refractivity contribution >= 4 is 0 Å². The molecular weight excluding hydrogens is 128 g/mol. The monoisotopic (exact) mass is 144 g/mol. The summed E-state index contributed by atoms with van der Waals surface area (Å²) < 4.78 is 10.5. The predicted molar refractivity (Wildman–Crippen MR) is 40.0 cm³/mol. The van der Waals surface area contributed by atoms with Crippen molar-refractivity contribution in [1.82, 2.24) is 0 Å². The van der Waals surface area contributed by atoms with E-state index in [0.717, 1.165) is 19.1 Å². The van der Waals surface area contributed by atoms with E-state index in [1.807, 2.05) is 0 Å². The van der Waals surface area contributed by atoms with E-state index in [2.05, 4.69) is 6.92 Å². The fraction of sp³-hybridized carbons (Fsp3) is 1.00. The molecule has 0 radical (unpaired) electrons. The van der Waals surface area contributed by atoms with Crippen molar-refractivity contribution in [2.75, 3.05) is 20.3 Å². The van der Waals surface area contributed by atoms with Crippen LogP contribution in [0.15, 0.2) is 0 Å². The SMILES string of the molecule is CC[C@H]1CO[C@@H](COC)C1. The number of hydrogen-bond acceptors (Lipinski definition) is 2. The highest BCUT2D eigenvalue weighted by molar-refractivity contribution is 4.71. The van der Waals surface area contributed by atoms with Crippen LogP contribution < -0.4 is 0 Å².